The minimum Gasteiger partial charge on any atom is -0.271 e. The van der Waals surface area contributed by atoms with Crippen LogP contribution in [-0.2, 0) is 0 Å². The highest BCUT2D eigenvalue weighted by atomic mass is 19.3. The van der Waals surface area contributed by atoms with Crippen molar-refractivity contribution in [2.45, 2.75) is 44.6 Å². The van der Waals surface area contributed by atoms with Crippen molar-refractivity contribution in [2.75, 3.05) is 0 Å². The van der Waals surface area contributed by atoms with E-state index in [-0.39, 0.29) is 0 Å². The molecular weight excluding hydrogens is 174 g/mol. The fourth-order valence-electron chi connectivity index (χ4n) is 1.11. The number of halogens is 2. The van der Waals surface area contributed by atoms with Gasteiger partial charge in [0, 0.05) is 0 Å². The molecular formula is C9H18F2N2. The minimum absolute atomic E-state index is 0.436. The van der Waals surface area contributed by atoms with Gasteiger partial charge >= 0.3 is 0 Å². The molecule has 0 radical (unpaired) electrons. The second-order valence-electron chi connectivity index (χ2n) is 3.03. The molecule has 0 aliphatic rings. The van der Waals surface area contributed by atoms with E-state index >= 15 is 0 Å². The van der Waals surface area contributed by atoms with Gasteiger partial charge < -0.3 is 0 Å². The Bertz CT molecular complexity index is 129. The highest BCUT2D eigenvalue weighted by molar-refractivity contribution is 4.68. The van der Waals surface area contributed by atoms with E-state index in [1.165, 1.54) is 0 Å². The summed E-state index contributed by atoms with van der Waals surface area (Å²) in [6.07, 6.45) is 3.62. The van der Waals surface area contributed by atoms with Crippen molar-refractivity contribution in [1.82, 2.24) is 5.43 Å². The van der Waals surface area contributed by atoms with Crippen LogP contribution in [0, 0.1) is 0 Å². The van der Waals surface area contributed by atoms with E-state index in [0.717, 1.165) is 25.7 Å². The zero-order chi connectivity index (χ0) is 10.1. The first-order valence-corrected chi connectivity index (χ1v) is 4.57. The summed E-state index contributed by atoms with van der Waals surface area (Å²) in [5.41, 5.74) is 2.12. The summed E-state index contributed by atoms with van der Waals surface area (Å²) in [4.78, 5) is 0. The summed E-state index contributed by atoms with van der Waals surface area (Å²) < 4.78 is 24.2. The molecule has 0 bridgehead atoms. The van der Waals surface area contributed by atoms with Crippen molar-refractivity contribution in [1.29, 1.82) is 0 Å². The SMILES string of the molecule is C=CCCCCCC(NN)C(F)F. The number of hydrogen-bond acceptors (Lipinski definition) is 2. The van der Waals surface area contributed by atoms with E-state index in [4.69, 9.17) is 5.84 Å². The number of allylic oxidation sites excluding steroid dienone is 1. The second-order valence-corrected chi connectivity index (χ2v) is 3.03. The van der Waals surface area contributed by atoms with Crippen LogP contribution in [0.2, 0.25) is 0 Å². The molecule has 0 rings (SSSR count). The lowest BCUT2D eigenvalue weighted by atomic mass is 10.1. The van der Waals surface area contributed by atoms with Crippen LogP contribution in [0.15, 0.2) is 12.7 Å². The van der Waals surface area contributed by atoms with Crippen LogP contribution in [0.25, 0.3) is 0 Å². The molecule has 13 heavy (non-hydrogen) atoms. The van der Waals surface area contributed by atoms with Gasteiger partial charge in [-0.3, -0.25) is 11.3 Å². The lowest BCUT2D eigenvalue weighted by Crippen LogP contribution is -2.40. The molecule has 0 aliphatic heterocycles. The zero-order valence-electron chi connectivity index (χ0n) is 7.81. The first-order valence-electron chi connectivity index (χ1n) is 4.57. The maximum atomic E-state index is 12.1. The van der Waals surface area contributed by atoms with Crippen molar-refractivity contribution in [3.05, 3.63) is 12.7 Å². The number of rotatable bonds is 8. The van der Waals surface area contributed by atoms with Gasteiger partial charge in [0.15, 0.2) is 0 Å². The maximum absolute atomic E-state index is 12.1. The average Bonchev–Trinajstić information content (AvgIpc) is 2.10. The quantitative estimate of drug-likeness (QED) is 0.268. The van der Waals surface area contributed by atoms with Gasteiger partial charge in [0.2, 0.25) is 0 Å². The lowest BCUT2D eigenvalue weighted by molar-refractivity contribution is 0.0929. The number of hydrogen-bond donors (Lipinski definition) is 2. The van der Waals surface area contributed by atoms with Crippen molar-refractivity contribution in [3.8, 4) is 0 Å². The maximum Gasteiger partial charge on any atom is 0.255 e. The first kappa shape index (κ1) is 12.5. The van der Waals surface area contributed by atoms with Gasteiger partial charge in [-0.15, -0.1) is 6.58 Å². The van der Waals surface area contributed by atoms with Crippen molar-refractivity contribution in [3.63, 3.8) is 0 Å². The molecule has 0 heterocycles. The van der Waals surface area contributed by atoms with Crippen molar-refractivity contribution >= 4 is 0 Å². The van der Waals surface area contributed by atoms with Crippen LogP contribution in [-0.4, -0.2) is 12.5 Å². The van der Waals surface area contributed by atoms with Crippen LogP contribution in [0.4, 0.5) is 8.78 Å². The van der Waals surface area contributed by atoms with E-state index in [2.05, 4.69) is 12.0 Å². The molecule has 0 fully saturated rings. The Morgan fingerprint density at radius 2 is 2.00 bits per heavy atom. The highest BCUT2D eigenvalue weighted by Gasteiger charge is 2.17. The predicted octanol–water partition coefficient (Wildman–Crippen LogP) is 2.22. The molecule has 0 aromatic carbocycles. The summed E-state index contributed by atoms with van der Waals surface area (Å²) in [5, 5.41) is 0. The molecule has 3 N–H and O–H groups in total. The summed E-state index contributed by atoms with van der Waals surface area (Å²) in [5.74, 6) is 4.97. The Hall–Kier alpha value is -0.480. The molecule has 0 aliphatic carbocycles. The monoisotopic (exact) mass is 192 g/mol. The van der Waals surface area contributed by atoms with E-state index in [9.17, 15) is 8.78 Å². The standard InChI is InChI=1S/C9H18F2N2/c1-2-3-4-5-6-7-8(13-12)9(10)11/h2,8-9,13H,1,3-7,12H2. The zero-order valence-corrected chi connectivity index (χ0v) is 7.81. The molecule has 0 aromatic rings. The number of unbranched alkanes of at least 4 members (excludes halogenated alkanes) is 3. The van der Waals surface area contributed by atoms with Crippen LogP contribution in [0.5, 0.6) is 0 Å². The van der Waals surface area contributed by atoms with Crippen LogP contribution < -0.4 is 11.3 Å². The Labute approximate surface area is 78.2 Å². The largest absolute Gasteiger partial charge is 0.271 e. The molecule has 1 unspecified atom stereocenters. The molecule has 0 saturated carbocycles. The number of nitrogens with two attached hydrogens (primary N) is 1. The van der Waals surface area contributed by atoms with Gasteiger partial charge in [0.1, 0.15) is 0 Å². The molecule has 0 spiro atoms. The topological polar surface area (TPSA) is 38.0 Å². The van der Waals surface area contributed by atoms with E-state index in [1.54, 1.807) is 0 Å². The summed E-state index contributed by atoms with van der Waals surface area (Å²) in [6.45, 7) is 3.59. The summed E-state index contributed by atoms with van der Waals surface area (Å²) in [6, 6.07) is -0.858. The van der Waals surface area contributed by atoms with Crippen molar-refractivity contribution in [2.24, 2.45) is 5.84 Å². The summed E-state index contributed by atoms with van der Waals surface area (Å²) >= 11 is 0. The number of hydrazine groups is 1. The third-order valence-electron chi connectivity index (χ3n) is 1.94. The third-order valence-corrected chi connectivity index (χ3v) is 1.94. The molecule has 1 atom stereocenters. The van der Waals surface area contributed by atoms with E-state index in [1.807, 2.05) is 6.08 Å². The van der Waals surface area contributed by atoms with Crippen LogP contribution >= 0.6 is 0 Å². The van der Waals surface area contributed by atoms with Crippen molar-refractivity contribution < 1.29 is 8.78 Å². The minimum atomic E-state index is -2.37. The smallest absolute Gasteiger partial charge is 0.255 e. The van der Waals surface area contributed by atoms with Gasteiger partial charge in [0.05, 0.1) is 6.04 Å². The van der Waals surface area contributed by atoms with Gasteiger partial charge in [-0.2, -0.15) is 0 Å². The molecule has 78 valence electrons. The van der Waals surface area contributed by atoms with Crippen LogP contribution in [0.1, 0.15) is 32.1 Å². The Balaban J connectivity index is 3.33. The number of alkyl halides is 2. The Morgan fingerprint density at radius 3 is 2.46 bits per heavy atom. The number of nitrogens with one attached hydrogen (secondary N) is 1. The molecule has 0 saturated heterocycles. The molecule has 0 amide bonds. The fraction of sp³-hybridized carbons (Fsp3) is 0.778. The lowest BCUT2D eigenvalue weighted by Gasteiger charge is -2.13. The fourth-order valence-corrected chi connectivity index (χ4v) is 1.11. The van der Waals surface area contributed by atoms with E-state index in [0.29, 0.717) is 6.42 Å². The van der Waals surface area contributed by atoms with Gasteiger partial charge in [-0.1, -0.05) is 18.9 Å². The van der Waals surface area contributed by atoms with Gasteiger partial charge in [-0.25, -0.2) is 8.78 Å². The predicted molar refractivity (Wildman–Crippen MR) is 50.4 cm³/mol. The van der Waals surface area contributed by atoms with Crippen LogP contribution in [0.3, 0.4) is 0 Å². The molecule has 4 heteroatoms. The average molecular weight is 192 g/mol. The first-order chi connectivity index (χ1) is 6.22. The molecule has 2 nitrogen and oxygen atoms in total. The van der Waals surface area contributed by atoms with E-state index < -0.39 is 12.5 Å². The normalized spacial score (nSPS) is 13.2. The Kier molecular flexibility index (Phi) is 7.83. The second kappa shape index (κ2) is 8.13. The van der Waals surface area contributed by atoms with Gasteiger partial charge in [-0.05, 0) is 19.3 Å². The highest BCUT2D eigenvalue weighted by Crippen LogP contribution is 2.10. The summed E-state index contributed by atoms with van der Waals surface area (Å²) in [7, 11) is 0. The molecule has 0 aromatic heterocycles. The third kappa shape index (κ3) is 6.66. The Morgan fingerprint density at radius 1 is 1.31 bits per heavy atom. The van der Waals surface area contributed by atoms with Gasteiger partial charge in [0.25, 0.3) is 6.43 Å².